The van der Waals surface area contributed by atoms with E-state index in [0.717, 1.165) is 42.8 Å². The van der Waals surface area contributed by atoms with Gasteiger partial charge in [-0.2, -0.15) is 0 Å². The Kier molecular flexibility index (Phi) is 3.52. The summed E-state index contributed by atoms with van der Waals surface area (Å²) < 4.78 is 5.17. The maximum atomic E-state index is 12.4. The second-order valence-corrected chi connectivity index (χ2v) is 4.82. The minimum absolute atomic E-state index is 0.0525. The van der Waals surface area contributed by atoms with Crippen LogP contribution in [0.25, 0.3) is 10.9 Å². The molecule has 0 aliphatic carbocycles. The maximum absolute atomic E-state index is 12.4. The summed E-state index contributed by atoms with van der Waals surface area (Å²) >= 11 is 0. The third kappa shape index (κ3) is 2.44. The van der Waals surface area contributed by atoms with Crippen molar-refractivity contribution < 1.29 is 9.53 Å². The molecular weight excluding hydrogens is 254 g/mol. The van der Waals surface area contributed by atoms with E-state index in [0.29, 0.717) is 5.56 Å². The quantitative estimate of drug-likeness (QED) is 0.894. The molecule has 2 heterocycles. The van der Waals surface area contributed by atoms with Gasteiger partial charge in [0.1, 0.15) is 5.75 Å². The molecule has 0 atom stereocenters. The van der Waals surface area contributed by atoms with Gasteiger partial charge in [0.2, 0.25) is 0 Å². The number of aromatic nitrogens is 1. The zero-order valence-electron chi connectivity index (χ0n) is 11.4. The van der Waals surface area contributed by atoms with Crippen LogP contribution < -0.4 is 10.1 Å². The summed E-state index contributed by atoms with van der Waals surface area (Å²) in [5, 5.41) is 4.19. The Morgan fingerprint density at radius 2 is 2.10 bits per heavy atom. The first-order valence-electron chi connectivity index (χ1n) is 6.72. The Balaban J connectivity index is 1.90. The average Bonchev–Trinajstić information content (AvgIpc) is 2.54. The number of piperazine rings is 1. The molecule has 0 spiro atoms. The number of nitrogens with zero attached hydrogens (tertiary/aromatic N) is 2. The fourth-order valence-electron chi connectivity index (χ4n) is 2.40. The van der Waals surface area contributed by atoms with Gasteiger partial charge in [-0.1, -0.05) is 0 Å². The van der Waals surface area contributed by atoms with Gasteiger partial charge in [0.15, 0.2) is 0 Å². The molecule has 1 aromatic carbocycles. The van der Waals surface area contributed by atoms with Crippen molar-refractivity contribution in [3.05, 3.63) is 36.0 Å². The number of hydrogen-bond donors (Lipinski definition) is 1. The number of hydrogen-bond acceptors (Lipinski definition) is 4. The van der Waals surface area contributed by atoms with Crippen molar-refractivity contribution in [3.8, 4) is 5.75 Å². The molecule has 0 unspecified atom stereocenters. The molecule has 20 heavy (non-hydrogen) atoms. The van der Waals surface area contributed by atoms with Crippen LogP contribution in [0.4, 0.5) is 0 Å². The van der Waals surface area contributed by atoms with Crippen molar-refractivity contribution >= 4 is 16.8 Å². The monoisotopic (exact) mass is 271 g/mol. The predicted molar refractivity (Wildman–Crippen MR) is 77.1 cm³/mol. The van der Waals surface area contributed by atoms with Gasteiger partial charge in [0.05, 0.1) is 18.2 Å². The number of carbonyl (C=O) groups is 1. The first kappa shape index (κ1) is 12.9. The minimum atomic E-state index is 0.0525. The van der Waals surface area contributed by atoms with E-state index in [1.165, 1.54) is 0 Å². The predicted octanol–water partition coefficient (Wildman–Crippen LogP) is 1.29. The van der Waals surface area contributed by atoms with E-state index in [1.807, 2.05) is 29.2 Å². The van der Waals surface area contributed by atoms with Crippen molar-refractivity contribution in [3.63, 3.8) is 0 Å². The number of rotatable bonds is 2. The fraction of sp³-hybridized carbons (Fsp3) is 0.333. The Morgan fingerprint density at radius 1 is 1.30 bits per heavy atom. The third-order valence-corrected chi connectivity index (χ3v) is 3.54. The van der Waals surface area contributed by atoms with E-state index in [-0.39, 0.29) is 5.91 Å². The Labute approximate surface area is 117 Å². The standard InChI is InChI=1S/C15H17N3O2/c1-20-13-3-2-11-8-12(10-17-14(11)9-13)15(19)18-6-4-16-5-7-18/h2-3,8-10,16H,4-7H2,1H3. The van der Waals surface area contributed by atoms with Crippen LogP contribution in [0.15, 0.2) is 30.5 Å². The molecule has 5 heteroatoms. The molecule has 0 bridgehead atoms. The molecule has 3 rings (SSSR count). The molecule has 0 saturated carbocycles. The molecule has 1 N–H and O–H groups in total. The molecule has 0 radical (unpaired) electrons. The molecular formula is C15H17N3O2. The number of fused-ring (bicyclic) bond motifs is 1. The van der Waals surface area contributed by atoms with Crippen molar-refractivity contribution in [1.29, 1.82) is 0 Å². The van der Waals surface area contributed by atoms with Gasteiger partial charge in [-0.3, -0.25) is 9.78 Å². The molecule has 1 aliphatic heterocycles. The summed E-state index contributed by atoms with van der Waals surface area (Å²) in [5.41, 5.74) is 1.48. The molecule has 1 aromatic heterocycles. The van der Waals surface area contributed by atoms with Crippen LogP contribution >= 0.6 is 0 Å². The summed E-state index contributed by atoms with van der Waals surface area (Å²) in [6.45, 7) is 3.20. The molecule has 104 valence electrons. The molecule has 1 amide bonds. The van der Waals surface area contributed by atoms with Gasteiger partial charge >= 0.3 is 0 Å². The van der Waals surface area contributed by atoms with Crippen molar-refractivity contribution in [2.75, 3.05) is 33.3 Å². The number of carbonyl (C=O) groups excluding carboxylic acids is 1. The largest absolute Gasteiger partial charge is 0.497 e. The number of ether oxygens (including phenoxy) is 1. The van der Waals surface area contributed by atoms with Crippen molar-refractivity contribution in [2.24, 2.45) is 0 Å². The van der Waals surface area contributed by atoms with Gasteiger partial charge < -0.3 is 15.0 Å². The van der Waals surface area contributed by atoms with E-state index in [2.05, 4.69) is 10.3 Å². The van der Waals surface area contributed by atoms with E-state index in [1.54, 1.807) is 13.3 Å². The maximum Gasteiger partial charge on any atom is 0.255 e. The SMILES string of the molecule is COc1ccc2cc(C(=O)N3CCNCC3)cnc2c1. The summed E-state index contributed by atoms with van der Waals surface area (Å²) in [6, 6.07) is 7.57. The van der Waals surface area contributed by atoms with Crippen LogP contribution in [0.1, 0.15) is 10.4 Å². The van der Waals surface area contributed by atoms with E-state index in [9.17, 15) is 4.79 Å². The number of pyridine rings is 1. The zero-order valence-corrected chi connectivity index (χ0v) is 11.4. The number of amides is 1. The minimum Gasteiger partial charge on any atom is -0.497 e. The molecule has 1 fully saturated rings. The first-order chi connectivity index (χ1) is 9.78. The van der Waals surface area contributed by atoms with Gasteiger partial charge in [0.25, 0.3) is 5.91 Å². The second-order valence-electron chi connectivity index (χ2n) is 4.82. The molecule has 2 aromatic rings. The highest BCUT2D eigenvalue weighted by Gasteiger charge is 2.18. The molecule has 1 saturated heterocycles. The lowest BCUT2D eigenvalue weighted by atomic mass is 10.1. The lowest BCUT2D eigenvalue weighted by Gasteiger charge is -2.27. The number of nitrogens with one attached hydrogen (secondary N) is 1. The fourth-order valence-corrected chi connectivity index (χ4v) is 2.40. The highest BCUT2D eigenvalue weighted by molar-refractivity contribution is 5.97. The summed E-state index contributed by atoms with van der Waals surface area (Å²) in [5.74, 6) is 0.822. The summed E-state index contributed by atoms with van der Waals surface area (Å²) in [4.78, 5) is 18.6. The highest BCUT2D eigenvalue weighted by Crippen LogP contribution is 2.20. The Morgan fingerprint density at radius 3 is 2.85 bits per heavy atom. The van der Waals surface area contributed by atoms with Gasteiger partial charge in [-0.05, 0) is 18.2 Å². The smallest absolute Gasteiger partial charge is 0.255 e. The number of benzene rings is 1. The third-order valence-electron chi connectivity index (χ3n) is 3.54. The van der Waals surface area contributed by atoms with E-state index < -0.39 is 0 Å². The van der Waals surface area contributed by atoms with Gasteiger partial charge in [-0.15, -0.1) is 0 Å². The topological polar surface area (TPSA) is 54.5 Å². The molecule has 1 aliphatic rings. The van der Waals surface area contributed by atoms with Gasteiger partial charge in [-0.25, -0.2) is 0 Å². The van der Waals surface area contributed by atoms with Crippen LogP contribution in [0.3, 0.4) is 0 Å². The Hall–Kier alpha value is -2.14. The van der Waals surface area contributed by atoms with E-state index in [4.69, 9.17) is 4.74 Å². The normalized spacial score (nSPS) is 15.3. The van der Waals surface area contributed by atoms with Gasteiger partial charge in [0, 0.05) is 43.8 Å². The van der Waals surface area contributed by atoms with Crippen molar-refractivity contribution in [2.45, 2.75) is 0 Å². The zero-order chi connectivity index (χ0) is 13.9. The highest BCUT2D eigenvalue weighted by atomic mass is 16.5. The van der Waals surface area contributed by atoms with Crippen LogP contribution in [0.5, 0.6) is 5.75 Å². The number of methoxy groups -OCH3 is 1. The molecule has 5 nitrogen and oxygen atoms in total. The van der Waals surface area contributed by atoms with Crippen molar-refractivity contribution in [1.82, 2.24) is 15.2 Å². The van der Waals surface area contributed by atoms with E-state index >= 15 is 0 Å². The van der Waals surface area contributed by atoms with Crippen LogP contribution in [-0.4, -0.2) is 49.1 Å². The first-order valence-corrected chi connectivity index (χ1v) is 6.72. The van der Waals surface area contributed by atoms with Crippen LogP contribution in [0, 0.1) is 0 Å². The van der Waals surface area contributed by atoms with Crippen LogP contribution in [0.2, 0.25) is 0 Å². The average molecular weight is 271 g/mol. The summed E-state index contributed by atoms with van der Waals surface area (Å²) in [6.07, 6.45) is 1.64. The van der Waals surface area contributed by atoms with Crippen LogP contribution in [-0.2, 0) is 0 Å². The lowest BCUT2D eigenvalue weighted by Crippen LogP contribution is -2.46. The Bertz CT molecular complexity index is 636. The second kappa shape index (κ2) is 5.46. The summed E-state index contributed by atoms with van der Waals surface area (Å²) in [7, 11) is 1.63. The lowest BCUT2D eigenvalue weighted by molar-refractivity contribution is 0.0735.